The molecule has 7 heteroatoms. The van der Waals surface area contributed by atoms with Crippen molar-refractivity contribution in [3.63, 3.8) is 0 Å². The van der Waals surface area contributed by atoms with Crippen molar-refractivity contribution in [3.05, 3.63) is 29.8 Å². The molecule has 0 atom stereocenters. The molecular weight excluding hydrogens is 424 g/mol. The molecule has 0 bridgehead atoms. The first-order valence-corrected chi connectivity index (χ1v) is 12.6. The summed E-state index contributed by atoms with van der Waals surface area (Å²) >= 11 is 0. The highest BCUT2D eigenvalue weighted by molar-refractivity contribution is 5.32. The zero-order chi connectivity index (χ0) is 23.7. The molecule has 0 saturated heterocycles. The van der Waals surface area contributed by atoms with Crippen molar-refractivity contribution in [3.8, 4) is 5.75 Å². The Hall–Kier alpha value is -1.22. The van der Waals surface area contributed by atoms with E-state index in [1.54, 1.807) is 0 Å². The Morgan fingerprint density at radius 3 is 1.67 bits per heavy atom. The van der Waals surface area contributed by atoms with Crippen LogP contribution in [0.25, 0.3) is 0 Å². The number of hydrogen-bond donors (Lipinski definition) is 0. The first-order chi connectivity index (χ1) is 16.4. The summed E-state index contributed by atoms with van der Waals surface area (Å²) in [4.78, 5) is 10.8. The summed E-state index contributed by atoms with van der Waals surface area (Å²) in [5.74, 6) is 0.800. The highest BCUT2D eigenvalue weighted by Crippen LogP contribution is 2.21. The van der Waals surface area contributed by atoms with E-state index in [1.807, 2.05) is 25.1 Å². The van der Waals surface area contributed by atoms with Crippen LogP contribution >= 0.6 is 0 Å². The van der Waals surface area contributed by atoms with Crippen LogP contribution in [-0.2, 0) is 35.0 Å². The van der Waals surface area contributed by atoms with Crippen molar-refractivity contribution >= 4 is 0 Å². The van der Waals surface area contributed by atoms with Crippen molar-refractivity contribution in [2.45, 2.75) is 58.8 Å². The van der Waals surface area contributed by atoms with Crippen LogP contribution in [0.2, 0.25) is 0 Å². The van der Waals surface area contributed by atoms with E-state index in [9.17, 15) is 0 Å². The lowest BCUT2D eigenvalue weighted by Gasteiger charge is -2.10. The van der Waals surface area contributed by atoms with Crippen LogP contribution in [0.3, 0.4) is 0 Å². The number of ether oxygens (including phenoxy) is 5. The van der Waals surface area contributed by atoms with Crippen LogP contribution in [0.1, 0.15) is 57.9 Å². The third-order valence-corrected chi connectivity index (χ3v) is 4.92. The van der Waals surface area contributed by atoms with Gasteiger partial charge in [-0.25, -0.2) is 0 Å². The molecule has 1 aromatic carbocycles. The molecule has 0 unspecified atom stereocenters. The van der Waals surface area contributed by atoms with E-state index in [0.717, 1.165) is 18.8 Å². The van der Waals surface area contributed by atoms with Crippen LogP contribution in [0.4, 0.5) is 0 Å². The van der Waals surface area contributed by atoms with Gasteiger partial charge in [0.25, 0.3) is 0 Å². The molecule has 0 aliphatic rings. The minimum atomic E-state index is 0.373. The van der Waals surface area contributed by atoms with Crippen LogP contribution < -0.4 is 4.89 Å². The van der Waals surface area contributed by atoms with Crippen LogP contribution in [0.15, 0.2) is 24.3 Å². The van der Waals surface area contributed by atoms with Gasteiger partial charge in [-0.3, -0.25) is 0 Å². The first-order valence-electron chi connectivity index (χ1n) is 12.6. The Labute approximate surface area is 200 Å². The number of aryl methyl sites for hydroxylation is 1. The maximum absolute atomic E-state index is 5.51. The van der Waals surface area contributed by atoms with Gasteiger partial charge in [0.2, 0.25) is 0 Å². The molecule has 1 rings (SSSR count). The van der Waals surface area contributed by atoms with Gasteiger partial charge in [-0.2, -0.15) is 4.89 Å². The van der Waals surface area contributed by atoms with Crippen molar-refractivity contribution in [1.29, 1.82) is 0 Å². The molecule has 0 spiro atoms. The van der Waals surface area contributed by atoms with Crippen LogP contribution in [0, 0.1) is 0 Å². The van der Waals surface area contributed by atoms with Crippen molar-refractivity contribution in [2.75, 3.05) is 72.7 Å². The molecular formula is C26H46O7. The van der Waals surface area contributed by atoms with E-state index in [1.165, 1.54) is 44.1 Å². The van der Waals surface area contributed by atoms with E-state index in [0.29, 0.717) is 66.1 Å². The minimum absolute atomic E-state index is 0.373. The largest absolute Gasteiger partial charge is 0.379 e. The molecule has 0 aromatic heterocycles. The topological polar surface area (TPSA) is 64.6 Å². The van der Waals surface area contributed by atoms with Gasteiger partial charge >= 0.3 is 0 Å². The predicted octanol–water partition coefficient (Wildman–Crippen LogP) is 5.00. The fourth-order valence-electron chi connectivity index (χ4n) is 3.11. The van der Waals surface area contributed by atoms with E-state index < -0.39 is 0 Å². The average Bonchev–Trinajstić information content (AvgIpc) is 2.84. The van der Waals surface area contributed by atoms with Crippen molar-refractivity contribution < 1.29 is 33.5 Å². The summed E-state index contributed by atoms with van der Waals surface area (Å²) in [6.45, 7) is 10.2. The standard InChI is InChI=1S/C26H46O7/c1-3-5-6-7-8-9-12-25-13-10-11-14-26(25)33-32-24-23-31-22-21-30-20-19-29-18-17-28-16-15-27-4-2/h10-11,13-14H,3-9,12,15-24H2,1-2H3. The quantitative estimate of drug-likeness (QED) is 0.113. The SMILES string of the molecule is CCCCCCCCc1ccccc1OOCCOCCOCCOCCOCCOCC. The molecule has 0 N–H and O–H groups in total. The van der Waals surface area contributed by atoms with Gasteiger partial charge in [-0.15, -0.1) is 0 Å². The van der Waals surface area contributed by atoms with Crippen molar-refractivity contribution in [1.82, 2.24) is 0 Å². The van der Waals surface area contributed by atoms with E-state index in [2.05, 4.69) is 13.0 Å². The molecule has 7 nitrogen and oxygen atoms in total. The number of benzene rings is 1. The second kappa shape index (κ2) is 23.9. The highest BCUT2D eigenvalue weighted by atomic mass is 17.2. The summed E-state index contributed by atoms with van der Waals surface area (Å²) < 4.78 is 27.0. The summed E-state index contributed by atoms with van der Waals surface area (Å²) in [5, 5.41) is 0. The Morgan fingerprint density at radius 2 is 1.06 bits per heavy atom. The number of para-hydroxylation sites is 1. The van der Waals surface area contributed by atoms with Crippen LogP contribution in [0.5, 0.6) is 5.75 Å². The Kier molecular flexibility index (Phi) is 21.6. The van der Waals surface area contributed by atoms with Crippen molar-refractivity contribution in [2.24, 2.45) is 0 Å². The molecule has 0 radical (unpaired) electrons. The van der Waals surface area contributed by atoms with Crippen LogP contribution in [-0.4, -0.2) is 72.7 Å². The summed E-state index contributed by atoms with van der Waals surface area (Å²) in [6, 6.07) is 8.08. The molecule has 192 valence electrons. The highest BCUT2D eigenvalue weighted by Gasteiger charge is 2.04. The fourth-order valence-corrected chi connectivity index (χ4v) is 3.11. The molecule has 0 aliphatic carbocycles. The summed E-state index contributed by atoms with van der Waals surface area (Å²) in [6.07, 6.45) is 8.73. The molecule has 0 amide bonds. The monoisotopic (exact) mass is 470 g/mol. The number of hydrogen-bond acceptors (Lipinski definition) is 7. The average molecular weight is 471 g/mol. The molecule has 33 heavy (non-hydrogen) atoms. The lowest BCUT2D eigenvalue weighted by molar-refractivity contribution is -0.216. The lowest BCUT2D eigenvalue weighted by Crippen LogP contribution is -2.14. The first kappa shape index (κ1) is 29.8. The normalized spacial score (nSPS) is 11.2. The zero-order valence-corrected chi connectivity index (χ0v) is 20.9. The van der Waals surface area contributed by atoms with Gasteiger partial charge in [0.1, 0.15) is 6.61 Å². The molecule has 1 aromatic rings. The second-order valence-corrected chi connectivity index (χ2v) is 7.68. The summed E-state index contributed by atoms with van der Waals surface area (Å²) in [5.41, 5.74) is 1.20. The minimum Gasteiger partial charge on any atom is -0.379 e. The van der Waals surface area contributed by atoms with E-state index in [-0.39, 0.29) is 0 Å². The Bertz CT molecular complexity index is 527. The maximum atomic E-state index is 5.51. The zero-order valence-electron chi connectivity index (χ0n) is 20.9. The molecule has 0 heterocycles. The predicted molar refractivity (Wildman–Crippen MR) is 130 cm³/mol. The fraction of sp³-hybridized carbons (Fsp3) is 0.769. The third kappa shape index (κ3) is 18.8. The van der Waals surface area contributed by atoms with Gasteiger partial charge in [-0.1, -0.05) is 57.2 Å². The van der Waals surface area contributed by atoms with Gasteiger partial charge < -0.3 is 28.6 Å². The lowest BCUT2D eigenvalue weighted by atomic mass is 10.0. The summed E-state index contributed by atoms with van der Waals surface area (Å²) in [7, 11) is 0. The maximum Gasteiger partial charge on any atom is 0.168 e. The Morgan fingerprint density at radius 1 is 0.545 bits per heavy atom. The van der Waals surface area contributed by atoms with Gasteiger partial charge in [-0.05, 0) is 31.4 Å². The van der Waals surface area contributed by atoms with E-state index >= 15 is 0 Å². The van der Waals surface area contributed by atoms with Gasteiger partial charge in [0.05, 0.1) is 59.5 Å². The second-order valence-electron chi connectivity index (χ2n) is 7.68. The molecule has 0 fully saturated rings. The van der Waals surface area contributed by atoms with Gasteiger partial charge in [0, 0.05) is 6.61 Å². The Balaban J connectivity index is 1.90. The third-order valence-electron chi connectivity index (χ3n) is 4.92. The van der Waals surface area contributed by atoms with Gasteiger partial charge in [0.15, 0.2) is 5.75 Å². The smallest absolute Gasteiger partial charge is 0.168 e. The molecule has 0 aliphatic heterocycles. The number of unbranched alkanes of at least 4 members (excludes halogenated alkanes) is 5. The number of rotatable bonds is 25. The van der Waals surface area contributed by atoms with E-state index in [4.69, 9.17) is 33.5 Å². The molecule has 0 saturated carbocycles.